The molecule has 0 atom stereocenters. The van der Waals surface area contributed by atoms with E-state index in [-0.39, 0.29) is 5.92 Å². The lowest BCUT2D eigenvalue weighted by Gasteiger charge is -2.31. The molecule has 0 aliphatic carbocycles. The highest BCUT2D eigenvalue weighted by Crippen LogP contribution is 2.23. The van der Waals surface area contributed by atoms with E-state index in [1.165, 1.54) is 0 Å². The van der Waals surface area contributed by atoms with Crippen LogP contribution in [-0.4, -0.2) is 41.2 Å². The molecule has 0 saturated carbocycles. The number of ether oxygens (including phenoxy) is 1. The second-order valence-electron chi connectivity index (χ2n) is 6.49. The second kappa shape index (κ2) is 8.03. The van der Waals surface area contributed by atoms with E-state index >= 15 is 0 Å². The van der Waals surface area contributed by atoms with E-state index in [0.717, 1.165) is 22.8 Å². The number of methoxy groups -OCH3 is 1. The topological polar surface area (TPSA) is 87.6 Å². The van der Waals surface area contributed by atoms with Crippen molar-refractivity contribution in [1.29, 1.82) is 0 Å². The summed E-state index contributed by atoms with van der Waals surface area (Å²) in [6, 6.07) is 9.79. The minimum absolute atomic E-state index is 0.248. The summed E-state index contributed by atoms with van der Waals surface area (Å²) in [6.07, 6.45) is 1.29. The van der Waals surface area contributed by atoms with Crippen LogP contribution in [0.15, 0.2) is 30.3 Å². The summed E-state index contributed by atoms with van der Waals surface area (Å²) in [6.45, 7) is 3.96. The zero-order valence-electron chi connectivity index (χ0n) is 15.1. The molecule has 1 aromatic heterocycles. The first-order chi connectivity index (χ1) is 12.5. The highest BCUT2D eigenvalue weighted by atomic mass is 16.5. The number of benzene rings is 1. The number of hydrogen-bond acceptors (Lipinski definition) is 6. The van der Waals surface area contributed by atoms with E-state index in [0.29, 0.717) is 38.4 Å². The SMILES string of the molecule is COc1ccc(CNc2nc(C)cc(N3CCC(C(=O)O)CC3)n2)cc1. The maximum absolute atomic E-state index is 11.1. The fourth-order valence-electron chi connectivity index (χ4n) is 3.07. The summed E-state index contributed by atoms with van der Waals surface area (Å²) in [5, 5.41) is 12.4. The number of carbonyl (C=O) groups is 1. The van der Waals surface area contributed by atoms with Crippen LogP contribution in [0, 0.1) is 12.8 Å². The van der Waals surface area contributed by atoms with Gasteiger partial charge in [-0.25, -0.2) is 4.98 Å². The fourth-order valence-corrected chi connectivity index (χ4v) is 3.07. The fraction of sp³-hybridized carbons (Fsp3) is 0.421. The van der Waals surface area contributed by atoms with Gasteiger partial charge in [0.25, 0.3) is 0 Å². The van der Waals surface area contributed by atoms with Crippen molar-refractivity contribution < 1.29 is 14.6 Å². The van der Waals surface area contributed by atoms with Gasteiger partial charge >= 0.3 is 5.97 Å². The molecule has 1 aliphatic heterocycles. The van der Waals surface area contributed by atoms with Crippen molar-refractivity contribution in [3.63, 3.8) is 0 Å². The Hall–Kier alpha value is -2.83. The average Bonchev–Trinajstić information content (AvgIpc) is 2.66. The minimum Gasteiger partial charge on any atom is -0.497 e. The summed E-state index contributed by atoms with van der Waals surface area (Å²) in [5.41, 5.74) is 1.99. The van der Waals surface area contributed by atoms with Crippen LogP contribution in [0.2, 0.25) is 0 Å². The molecule has 0 spiro atoms. The number of aryl methyl sites for hydroxylation is 1. The highest BCUT2D eigenvalue weighted by Gasteiger charge is 2.25. The van der Waals surface area contributed by atoms with Crippen molar-refractivity contribution >= 4 is 17.7 Å². The molecule has 0 bridgehead atoms. The summed E-state index contributed by atoms with van der Waals surface area (Å²) < 4.78 is 5.17. The van der Waals surface area contributed by atoms with Gasteiger partial charge in [-0.2, -0.15) is 4.98 Å². The van der Waals surface area contributed by atoms with E-state index in [2.05, 4.69) is 20.2 Å². The lowest BCUT2D eigenvalue weighted by molar-refractivity contribution is -0.142. The van der Waals surface area contributed by atoms with Crippen LogP contribution in [0.25, 0.3) is 0 Å². The molecule has 0 amide bonds. The smallest absolute Gasteiger partial charge is 0.306 e. The number of anilines is 2. The maximum atomic E-state index is 11.1. The number of nitrogens with zero attached hydrogens (tertiary/aromatic N) is 3. The van der Waals surface area contributed by atoms with Gasteiger partial charge in [0.1, 0.15) is 11.6 Å². The van der Waals surface area contributed by atoms with Crippen molar-refractivity contribution in [3.05, 3.63) is 41.6 Å². The van der Waals surface area contributed by atoms with Crippen LogP contribution in [0.3, 0.4) is 0 Å². The van der Waals surface area contributed by atoms with Crippen molar-refractivity contribution in [2.24, 2.45) is 5.92 Å². The van der Waals surface area contributed by atoms with Crippen LogP contribution in [0.1, 0.15) is 24.1 Å². The molecule has 2 N–H and O–H groups in total. The minimum atomic E-state index is -0.703. The summed E-state index contributed by atoms with van der Waals surface area (Å²) in [7, 11) is 1.65. The molecule has 1 aliphatic rings. The van der Waals surface area contributed by atoms with Crippen molar-refractivity contribution in [3.8, 4) is 5.75 Å². The molecule has 2 aromatic rings. The average molecular weight is 356 g/mol. The molecule has 0 radical (unpaired) electrons. The van der Waals surface area contributed by atoms with Crippen molar-refractivity contribution in [2.45, 2.75) is 26.3 Å². The molecule has 1 fully saturated rings. The first kappa shape index (κ1) is 18.0. The molecule has 7 heteroatoms. The monoisotopic (exact) mass is 356 g/mol. The number of carboxylic acids is 1. The molecule has 26 heavy (non-hydrogen) atoms. The lowest BCUT2D eigenvalue weighted by atomic mass is 9.97. The summed E-state index contributed by atoms with van der Waals surface area (Å²) in [5.74, 6) is 1.30. The molecule has 2 heterocycles. The van der Waals surface area contributed by atoms with E-state index in [9.17, 15) is 4.79 Å². The maximum Gasteiger partial charge on any atom is 0.306 e. The normalized spacial score (nSPS) is 14.9. The Labute approximate surface area is 153 Å². The Morgan fingerprint density at radius 3 is 2.58 bits per heavy atom. The molecule has 138 valence electrons. The van der Waals surface area contributed by atoms with Crippen LogP contribution in [-0.2, 0) is 11.3 Å². The Bertz CT molecular complexity index is 756. The Morgan fingerprint density at radius 1 is 1.27 bits per heavy atom. The van der Waals surface area contributed by atoms with Crippen LogP contribution < -0.4 is 15.0 Å². The van der Waals surface area contributed by atoms with Gasteiger partial charge < -0.3 is 20.1 Å². The molecule has 1 aromatic carbocycles. The third kappa shape index (κ3) is 4.41. The second-order valence-corrected chi connectivity index (χ2v) is 6.49. The number of carboxylic acid groups (broad SMARTS) is 1. The summed E-state index contributed by atoms with van der Waals surface area (Å²) in [4.78, 5) is 22.3. The van der Waals surface area contributed by atoms with E-state index in [1.54, 1.807) is 7.11 Å². The van der Waals surface area contributed by atoms with Gasteiger partial charge in [0.2, 0.25) is 5.95 Å². The largest absolute Gasteiger partial charge is 0.497 e. The lowest BCUT2D eigenvalue weighted by Crippen LogP contribution is -2.37. The molecule has 3 rings (SSSR count). The zero-order chi connectivity index (χ0) is 18.5. The number of rotatable bonds is 6. The molecular formula is C19H24N4O3. The number of aliphatic carboxylic acids is 1. The van der Waals surface area contributed by atoms with Gasteiger partial charge in [0, 0.05) is 31.4 Å². The highest BCUT2D eigenvalue weighted by molar-refractivity contribution is 5.70. The van der Waals surface area contributed by atoms with E-state index in [4.69, 9.17) is 9.84 Å². The van der Waals surface area contributed by atoms with E-state index < -0.39 is 5.97 Å². The predicted molar refractivity (Wildman–Crippen MR) is 99.7 cm³/mol. The zero-order valence-corrected chi connectivity index (χ0v) is 15.1. The van der Waals surface area contributed by atoms with E-state index in [1.807, 2.05) is 37.3 Å². The number of hydrogen-bond donors (Lipinski definition) is 2. The molecule has 0 unspecified atom stereocenters. The standard InChI is InChI=1S/C19H24N4O3/c1-13-11-17(23-9-7-15(8-10-23)18(24)25)22-19(21-13)20-12-14-3-5-16(26-2)6-4-14/h3-6,11,15H,7-10,12H2,1-2H3,(H,24,25)(H,20,21,22). The molecule has 7 nitrogen and oxygen atoms in total. The molecular weight excluding hydrogens is 332 g/mol. The number of aromatic nitrogens is 2. The Kier molecular flexibility index (Phi) is 5.55. The first-order valence-electron chi connectivity index (χ1n) is 8.75. The third-order valence-corrected chi connectivity index (χ3v) is 4.62. The predicted octanol–water partition coefficient (Wildman–Crippen LogP) is 2.71. The van der Waals surface area contributed by atoms with Crippen LogP contribution in [0.5, 0.6) is 5.75 Å². The van der Waals surface area contributed by atoms with Gasteiger partial charge in [0.15, 0.2) is 0 Å². The van der Waals surface area contributed by atoms with Gasteiger partial charge in [-0.3, -0.25) is 4.79 Å². The van der Waals surface area contributed by atoms with Gasteiger partial charge in [0.05, 0.1) is 13.0 Å². The van der Waals surface area contributed by atoms with Crippen LogP contribution >= 0.6 is 0 Å². The van der Waals surface area contributed by atoms with Crippen molar-refractivity contribution in [1.82, 2.24) is 9.97 Å². The van der Waals surface area contributed by atoms with Crippen LogP contribution in [0.4, 0.5) is 11.8 Å². The Balaban J connectivity index is 1.64. The Morgan fingerprint density at radius 2 is 1.96 bits per heavy atom. The van der Waals surface area contributed by atoms with Crippen molar-refractivity contribution in [2.75, 3.05) is 30.4 Å². The first-order valence-corrected chi connectivity index (χ1v) is 8.75. The van der Waals surface area contributed by atoms with Gasteiger partial charge in [-0.05, 0) is 37.5 Å². The number of piperidine rings is 1. The third-order valence-electron chi connectivity index (χ3n) is 4.62. The summed E-state index contributed by atoms with van der Waals surface area (Å²) >= 11 is 0. The van der Waals surface area contributed by atoms with Gasteiger partial charge in [-0.1, -0.05) is 12.1 Å². The quantitative estimate of drug-likeness (QED) is 0.823. The number of nitrogens with one attached hydrogen (secondary N) is 1. The molecule has 1 saturated heterocycles. The van der Waals surface area contributed by atoms with Gasteiger partial charge in [-0.15, -0.1) is 0 Å².